The minimum atomic E-state index is -0.418. The molecule has 4 rings (SSSR count). The number of nitrogens with two attached hydrogens (primary N) is 1. The minimum Gasteiger partial charge on any atom is -0.378 e. The van der Waals surface area contributed by atoms with Crippen LogP contribution in [-0.4, -0.2) is 42.3 Å². The highest BCUT2D eigenvalue weighted by Gasteiger charge is 2.27. The average molecular weight is 408 g/mol. The van der Waals surface area contributed by atoms with Gasteiger partial charge >= 0.3 is 0 Å². The van der Waals surface area contributed by atoms with Gasteiger partial charge in [-0.05, 0) is 17.2 Å². The maximum Gasteiger partial charge on any atom is 0.253 e. The number of guanidine groups is 1. The van der Waals surface area contributed by atoms with Crippen LogP contribution in [0.5, 0.6) is 0 Å². The second-order valence-corrected chi connectivity index (χ2v) is 7.80. The summed E-state index contributed by atoms with van der Waals surface area (Å²) in [7, 11) is 0. The van der Waals surface area contributed by atoms with Crippen LogP contribution in [0.1, 0.15) is 25.1 Å². The molecule has 0 saturated carbocycles. The summed E-state index contributed by atoms with van der Waals surface area (Å²) < 4.78 is 24.8. The average Bonchev–Trinajstić information content (AvgIpc) is 3.24. The molecule has 0 spiro atoms. The van der Waals surface area contributed by atoms with Crippen LogP contribution in [0.3, 0.4) is 0 Å². The van der Waals surface area contributed by atoms with Gasteiger partial charge in [0, 0.05) is 30.1 Å². The SMILES string of the molecule is CC(C)(c1ccc(-c2ccccc2F)cc1)c1cc(N=C(N)N2CCOCC2)on1. The summed E-state index contributed by atoms with van der Waals surface area (Å²) in [5.41, 5.74) is 8.87. The highest BCUT2D eigenvalue weighted by Crippen LogP contribution is 2.34. The van der Waals surface area contributed by atoms with E-state index in [2.05, 4.69) is 24.0 Å². The Labute approximate surface area is 175 Å². The smallest absolute Gasteiger partial charge is 0.253 e. The van der Waals surface area contributed by atoms with E-state index in [-0.39, 0.29) is 5.82 Å². The maximum absolute atomic E-state index is 14.1. The Hall–Kier alpha value is -3.19. The molecule has 1 aliphatic rings. The van der Waals surface area contributed by atoms with Crippen LogP contribution < -0.4 is 5.73 Å². The zero-order valence-electron chi connectivity index (χ0n) is 17.1. The number of rotatable bonds is 4. The molecule has 2 aromatic carbocycles. The van der Waals surface area contributed by atoms with Crippen molar-refractivity contribution in [1.29, 1.82) is 0 Å². The molecule has 7 heteroatoms. The van der Waals surface area contributed by atoms with Gasteiger partial charge in [0.25, 0.3) is 5.88 Å². The number of ether oxygens (including phenoxy) is 1. The van der Waals surface area contributed by atoms with Gasteiger partial charge in [-0.25, -0.2) is 4.39 Å². The molecule has 3 aromatic rings. The maximum atomic E-state index is 14.1. The molecular weight excluding hydrogens is 383 g/mol. The molecular formula is C23H25FN4O2. The molecule has 0 unspecified atom stereocenters. The largest absolute Gasteiger partial charge is 0.378 e. The Morgan fingerprint density at radius 2 is 1.80 bits per heavy atom. The highest BCUT2D eigenvalue weighted by atomic mass is 19.1. The van der Waals surface area contributed by atoms with Gasteiger partial charge in [0.2, 0.25) is 0 Å². The van der Waals surface area contributed by atoms with Gasteiger partial charge < -0.3 is 19.9 Å². The Morgan fingerprint density at radius 3 is 2.50 bits per heavy atom. The van der Waals surface area contributed by atoms with Crippen molar-refractivity contribution in [2.45, 2.75) is 19.3 Å². The molecule has 156 valence electrons. The van der Waals surface area contributed by atoms with Crippen LogP contribution >= 0.6 is 0 Å². The first-order valence-electron chi connectivity index (χ1n) is 9.94. The van der Waals surface area contributed by atoms with E-state index in [9.17, 15) is 4.39 Å². The molecule has 2 heterocycles. The molecule has 1 saturated heterocycles. The minimum absolute atomic E-state index is 0.235. The summed E-state index contributed by atoms with van der Waals surface area (Å²) in [6, 6.07) is 16.4. The monoisotopic (exact) mass is 408 g/mol. The number of benzene rings is 2. The van der Waals surface area contributed by atoms with Gasteiger partial charge in [0.1, 0.15) is 5.82 Å². The van der Waals surface area contributed by atoms with Crippen molar-refractivity contribution >= 4 is 11.8 Å². The fourth-order valence-electron chi connectivity index (χ4n) is 3.50. The number of aliphatic imine (C=N–C) groups is 1. The molecule has 1 aliphatic heterocycles. The Bertz CT molecular complexity index is 1040. The van der Waals surface area contributed by atoms with Crippen molar-refractivity contribution < 1.29 is 13.7 Å². The van der Waals surface area contributed by atoms with Crippen LogP contribution in [0.15, 0.2) is 64.1 Å². The second-order valence-electron chi connectivity index (χ2n) is 7.80. The molecule has 0 amide bonds. The van der Waals surface area contributed by atoms with E-state index in [1.807, 2.05) is 35.2 Å². The van der Waals surface area contributed by atoms with Crippen LogP contribution in [0, 0.1) is 5.82 Å². The quantitative estimate of drug-likeness (QED) is 0.520. The van der Waals surface area contributed by atoms with Gasteiger partial charge in [0.15, 0.2) is 5.96 Å². The Kier molecular flexibility index (Phi) is 5.55. The third kappa shape index (κ3) is 4.07. The predicted molar refractivity (Wildman–Crippen MR) is 114 cm³/mol. The highest BCUT2D eigenvalue weighted by molar-refractivity contribution is 5.80. The van der Waals surface area contributed by atoms with E-state index in [0.29, 0.717) is 43.7 Å². The summed E-state index contributed by atoms with van der Waals surface area (Å²) in [4.78, 5) is 6.32. The zero-order valence-corrected chi connectivity index (χ0v) is 17.1. The van der Waals surface area contributed by atoms with Gasteiger partial charge in [-0.15, -0.1) is 0 Å². The first-order valence-corrected chi connectivity index (χ1v) is 9.94. The van der Waals surface area contributed by atoms with E-state index < -0.39 is 5.41 Å². The summed E-state index contributed by atoms with van der Waals surface area (Å²) in [6.45, 7) is 6.79. The van der Waals surface area contributed by atoms with Crippen LogP contribution in [-0.2, 0) is 10.2 Å². The summed E-state index contributed by atoms with van der Waals surface area (Å²) in [5, 5.41) is 4.22. The molecule has 1 fully saturated rings. The lowest BCUT2D eigenvalue weighted by Gasteiger charge is -2.27. The fraction of sp³-hybridized carbons (Fsp3) is 0.304. The second kappa shape index (κ2) is 8.28. The molecule has 0 radical (unpaired) electrons. The molecule has 0 bridgehead atoms. The van der Waals surface area contributed by atoms with Crippen molar-refractivity contribution in [1.82, 2.24) is 10.1 Å². The number of aromatic nitrogens is 1. The van der Waals surface area contributed by atoms with Gasteiger partial charge in [0.05, 0.1) is 18.9 Å². The van der Waals surface area contributed by atoms with Crippen molar-refractivity contribution in [2.24, 2.45) is 10.7 Å². The molecule has 30 heavy (non-hydrogen) atoms. The number of morpholine rings is 1. The zero-order chi connectivity index (χ0) is 21.1. The fourth-order valence-corrected chi connectivity index (χ4v) is 3.50. The third-order valence-corrected chi connectivity index (χ3v) is 5.49. The lowest BCUT2D eigenvalue weighted by molar-refractivity contribution is 0.0675. The van der Waals surface area contributed by atoms with Crippen molar-refractivity contribution in [3.8, 4) is 11.1 Å². The summed E-state index contributed by atoms with van der Waals surface area (Å²) >= 11 is 0. The molecule has 2 N–H and O–H groups in total. The van der Waals surface area contributed by atoms with E-state index >= 15 is 0 Å². The van der Waals surface area contributed by atoms with Gasteiger partial charge in [-0.2, -0.15) is 4.99 Å². The van der Waals surface area contributed by atoms with E-state index in [1.165, 1.54) is 6.07 Å². The van der Waals surface area contributed by atoms with E-state index in [0.717, 1.165) is 16.8 Å². The van der Waals surface area contributed by atoms with Crippen LogP contribution in [0.2, 0.25) is 0 Å². The van der Waals surface area contributed by atoms with Crippen LogP contribution in [0.4, 0.5) is 10.3 Å². The Morgan fingerprint density at radius 1 is 1.10 bits per heavy atom. The van der Waals surface area contributed by atoms with Crippen molar-refractivity contribution in [3.05, 3.63) is 71.7 Å². The molecule has 0 aliphatic carbocycles. The molecule has 1 aromatic heterocycles. The summed E-state index contributed by atoms with van der Waals surface area (Å²) in [5.74, 6) is 0.527. The standard InChI is InChI=1S/C23H25FN4O2/c1-23(2,17-9-7-16(8-10-17)18-5-3-4-6-19(18)24)20-15-21(30-27-20)26-22(25)28-11-13-29-14-12-28/h3-10,15H,11-14H2,1-2H3,(H2,25,26). The number of nitrogens with zero attached hydrogens (tertiary/aromatic N) is 3. The first kappa shape index (κ1) is 20.1. The van der Waals surface area contributed by atoms with E-state index in [4.69, 9.17) is 15.0 Å². The van der Waals surface area contributed by atoms with E-state index in [1.54, 1.807) is 18.2 Å². The van der Waals surface area contributed by atoms with Crippen molar-refractivity contribution in [2.75, 3.05) is 26.3 Å². The number of halogens is 1. The van der Waals surface area contributed by atoms with Gasteiger partial charge in [-0.3, -0.25) is 0 Å². The Balaban J connectivity index is 1.54. The normalized spacial score (nSPS) is 15.4. The lowest BCUT2D eigenvalue weighted by Crippen LogP contribution is -2.44. The predicted octanol–water partition coefficient (Wildman–Crippen LogP) is 4.09. The molecule has 6 nitrogen and oxygen atoms in total. The number of hydrogen-bond acceptors (Lipinski definition) is 4. The summed E-state index contributed by atoms with van der Waals surface area (Å²) in [6.07, 6.45) is 0. The third-order valence-electron chi connectivity index (χ3n) is 5.49. The lowest BCUT2D eigenvalue weighted by atomic mass is 9.81. The first-order chi connectivity index (χ1) is 14.4. The topological polar surface area (TPSA) is 76.9 Å². The van der Waals surface area contributed by atoms with Crippen LogP contribution in [0.25, 0.3) is 11.1 Å². The van der Waals surface area contributed by atoms with Crippen molar-refractivity contribution in [3.63, 3.8) is 0 Å². The molecule has 0 atom stereocenters. The number of hydrogen-bond donors (Lipinski definition) is 1. The van der Waals surface area contributed by atoms with Gasteiger partial charge in [-0.1, -0.05) is 61.5 Å².